The molecule has 1 amide bonds. The molecule has 0 fully saturated rings. The molecule has 0 spiro atoms. The van der Waals surface area contributed by atoms with Crippen LogP contribution in [0.2, 0.25) is 10.0 Å². The largest absolute Gasteiger partial charge is 0.350 e. The summed E-state index contributed by atoms with van der Waals surface area (Å²) in [5.41, 5.74) is 1.16. The van der Waals surface area contributed by atoms with Crippen LogP contribution in [0.25, 0.3) is 0 Å². The summed E-state index contributed by atoms with van der Waals surface area (Å²) < 4.78 is 27.2. The van der Waals surface area contributed by atoms with E-state index in [9.17, 15) is 13.2 Å². The van der Waals surface area contributed by atoms with Crippen molar-refractivity contribution in [1.29, 1.82) is 0 Å². The third-order valence-electron chi connectivity index (χ3n) is 5.49. The van der Waals surface area contributed by atoms with E-state index in [-0.39, 0.29) is 27.4 Å². The van der Waals surface area contributed by atoms with Crippen molar-refractivity contribution < 1.29 is 13.2 Å². The molecule has 0 aromatic heterocycles. The van der Waals surface area contributed by atoms with Gasteiger partial charge in [0.25, 0.3) is 5.91 Å². The number of carbonyl (C=O) groups is 1. The van der Waals surface area contributed by atoms with Crippen molar-refractivity contribution in [2.75, 3.05) is 32.7 Å². The van der Waals surface area contributed by atoms with Crippen LogP contribution in [0, 0.1) is 0 Å². The van der Waals surface area contributed by atoms with Crippen molar-refractivity contribution in [3.05, 3.63) is 63.6 Å². The Balaban J connectivity index is 2.31. The second-order valence-electron chi connectivity index (χ2n) is 7.20. The monoisotopic (exact) mass is 499 g/mol. The molecular formula is C23H31Cl2N3O3S. The van der Waals surface area contributed by atoms with Crippen LogP contribution >= 0.6 is 23.2 Å². The van der Waals surface area contributed by atoms with Gasteiger partial charge < -0.3 is 5.32 Å². The zero-order valence-corrected chi connectivity index (χ0v) is 21.3. The average molecular weight is 500 g/mol. The second kappa shape index (κ2) is 12.0. The van der Waals surface area contributed by atoms with E-state index in [0.29, 0.717) is 24.7 Å². The lowest BCUT2D eigenvalue weighted by Crippen LogP contribution is -2.38. The molecule has 0 bridgehead atoms. The number of hydrogen-bond donors (Lipinski definition) is 1. The van der Waals surface area contributed by atoms with Crippen molar-refractivity contribution in [3.8, 4) is 0 Å². The maximum atomic E-state index is 12.9. The smallest absolute Gasteiger partial charge is 0.251 e. The molecule has 9 heteroatoms. The van der Waals surface area contributed by atoms with Gasteiger partial charge in [0.15, 0.2) is 0 Å². The molecule has 1 atom stereocenters. The van der Waals surface area contributed by atoms with Crippen molar-refractivity contribution in [3.63, 3.8) is 0 Å². The second-order valence-corrected chi connectivity index (χ2v) is 9.92. The molecular weight excluding hydrogens is 469 g/mol. The van der Waals surface area contributed by atoms with Crippen LogP contribution in [0.5, 0.6) is 0 Å². The molecule has 0 saturated carbocycles. The van der Waals surface area contributed by atoms with E-state index in [1.807, 2.05) is 24.3 Å². The highest BCUT2D eigenvalue weighted by Gasteiger charge is 2.26. The van der Waals surface area contributed by atoms with Crippen molar-refractivity contribution in [1.82, 2.24) is 14.5 Å². The number of nitrogens with one attached hydrogen (secondary N) is 1. The summed E-state index contributed by atoms with van der Waals surface area (Å²) >= 11 is 12.6. The van der Waals surface area contributed by atoms with Crippen LogP contribution in [0.15, 0.2) is 47.4 Å². The topological polar surface area (TPSA) is 69.7 Å². The van der Waals surface area contributed by atoms with Crippen LogP contribution in [0.1, 0.15) is 49.7 Å². The van der Waals surface area contributed by atoms with Gasteiger partial charge in [-0.3, -0.25) is 9.69 Å². The summed E-state index contributed by atoms with van der Waals surface area (Å²) in [4.78, 5) is 15.1. The van der Waals surface area contributed by atoms with Crippen LogP contribution in [-0.2, 0) is 10.0 Å². The number of halogens is 2. The minimum Gasteiger partial charge on any atom is -0.350 e. The molecule has 0 radical (unpaired) electrons. The first-order chi connectivity index (χ1) is 15.2. The van der Waals surface area contributed by atoms with Crippen molar-refractivity contribution >= 4 is 39.1 Å². The number of sulfonamides is 1. The van der Waals surface area contributed by atoms with E-state index in [1.54, 1.807) is 13.8 Å². The van der Waals surface area contributed by atoms with Crippen LogP contribution in [-0.4, -0.2) is 56.3 Å². The normalized spacial score (nSPS) is 12.9. The zero-order valence-electron chi connectivity index (χ0n) is 18.9. The predicted octanol–water partition coefficient (Wildman–Crippen LogP) is 4.84. The fourth-order valence-corrected chi connectivity index (χ4v) is 5.90. The zero-order chi connectivity index (χ0) is 23.9. The Morgan fingerprint density at radius 3 is 2.12 bits per heavy atom. The lowest BCUT2D eigenvalue weighted by Gasteiger charge is -2.31. The van der Waals surface area contributed by atoms with E-state index < -0.39 is 10.0 Å². The molecule has 32 heavy (non-hydrogen) atoms. The molecule has 0 aliphatic rings. The molecule has 0 aliphatic heterocycles. The number of benzene rings is 2. The maximum absolute atomic E-state index is 12.9. The molecule has 2 aromatic carbocycles. The van der Waals surface area contributed by atoms with Gasteiger partial charge in [0.1, 0.15) is 4.90 Å². The third-order valence-corrected chi connectivity index (χ3v) is 8.37. The first-order valence-electron chi connectivity index (χ1n) is 10.8. The van der Waals surface area contributed by atoms with Gasteiger partial charge in [0.05, 0.1) is 11.1 Å². The Hall–Kier alpha value is -1.64. The van der Waals surface area contributed by atoms with Gasteiger partial charge in [-0.15, -0.1) is 0 Å². The number of likely N-dealkylation sites (N-methyl/N-ethyl adjacent to an activating group) is 1. The highest BCUT2D eigenvalue weighted by Crippen LogP contribution is 2.28. The first kappa shape index (κ1) is 26.6. The molecule has 2 rings (SSSR count). The Labute approximate surface area is 201 Å². The molecule has 1 N–H and O–H groups in total. The van der Waals surface area contributed by atoms with E-state index in [0.717, 1.165) is 18.7 Å². The number of carbonyl (C=O) groups excluding carboxylic acids is 1. The van der Waals surface area contributed by atoms with Crippen LogP contribution in [0.4, 0.5) is 0 Å². The van der Waals surface area contributed by atoms with Crippen molar-refractivity contribution in [2.24, 2.45) is 0 Å². The van der Waals surface area contributed by atoms with E-state index in [2.05, 4.69) is 24.1 Å². The summed E-state index contributed by atoms with van der Waals surface area (Å²) in [5.74, 6) is -0.373. The van der Waals surface area contributed by atoms with E-state index in [4.69, 9.17) is 23.2 Å². The number of amides is 1. The lowest BCUT2D eigenvalue weighted by molar-refractivity contribution is 0.0934. The van der Waals surface area contributed by atoms with Gasteiger partial charge in [-0.1, -0.05) is 69.1 Å². The van der Waals surface area contributed by atoms with Crippen LogP contribution in [0.3, 0.4) is 0 Å². The number of rotatable bonds is 11. The summed E-state index contributed by atoms with van der Waals surface area (Å²) in [6.45, 7) is 10.2. The molecule has 6 nitrogen and oxygen atoms in total. The van der Waals surface area contributed by atoms with Gasteiger partial charge in [0.2, 0.25) is 10.0 Å². The Bertz CT molecular complexity index is 1020. The third kappa shape index (κ3) is 6.02. The summed E-state index contributed by atoms with van der Waals surface area (Å²) in [6.07, 6.45) is 0. The van der Waals surface area contributed by atoms with Gasteiger partial charge in [-0.25, -0.2) is 8.42 Å². The lowest BCUT2D eigenvalue weighted by atomic mass is 10.0. The highest BCUT2D eigenvalue weighted by atomic mass is 35.5. The minimum atomic E-state index is -3.79. The number of nitrogens with zero attached hydrogens (tertiary/aromatic N) is 2. The van der Waals surface area contributed by atoms with E-state index in [1.165, 1.54) is 22.5 Å². The fourth-order valence-electron chi connectivity index (χ4n) is 3.68. The number of hydrogen-bond acceptors (Lipinski definition) is 4. The Kier molecular flexibility index (Phi) is 9.98. The molecule has 0 saturated heterocycles. The van der Waals surface area contributed by atoms with Crippen LogP contribution < -0.4 is 5.32 Å². The summed E-state index contributed by atoms with van der Waals surface area (Å²) in [5, 5.41) is 3.66. The fraction of sp³-hybridized carbons (Fsp3) is 0.435. The van der Waals surface area contributed by atoms with Gasteiger partial charge in [0, 0.05) is 30.2 Å². The first-order valence-corrected chi connectivity index (χ1v) is 13.0. The Morgan fingerprint density at radius 2 is 1.56 bits per heavy atom. The van der Waals surface area contributed by atoms with Gasteiger partial charge in [-0.2, -0.15) is 4.31 Å². The molecule has 1 unspecified atom stereocenters. The van der Waals surface area contributed by atoms with Crippen molar-refractivity contribution in [2.45, 2.75) is 38.6 Å². The molecule has 0 heterocycles. The maximum Gasteiger partial charge on any atom is 0.251 e. The molecule has 0 aliphatic carbocycles. The SMILES string of the molecule is CCN(CC)C(CNC(=O)c1ccc(Cl)c(S(=O)(=O)N(CC)CC)c1)c1ccccc1Cl. The average Bonchev–Trinajstić information content (AvgIpc) is 2.78. The molecule has 2 aromatic rings. The summed E-state index contributed by atoms with van der Waals surface area (Å²) in [6, 6.07) is 11.8. The predicted molar refractivity (Wildman–Crippen MR) is 131 cm³/mol. The Morgan fingerprint density at radius 1 is 0.938 bits per heavy atom. The standard InChI is InChI=1S/C23H31Cl2N3O3S/c1-5-27(6-2)21(18-11-9-10-12-19(18)24)16-26-23(29)17-13-14-20(25)22(15-17)32(30,31)28(7-3)8-4/h9-15,21H,5-8,16H2,1-4H3,(H,26,29). The quantitative estimate of drug-likeness (QED) is 0.480. The van der Waals surface area contributed by atoms with Gasteiger partial charge >= 0.3 is 0 Å². The van der Waals surface area contributed by atoms with Gasteiger partial charge in [-0.05, 0) is 42.9 Å². The highest BCUT2D eigenvalue weighted by molar-refractivity contribution is 7.89. The molecule has 176 valence electrons. The van der Waals surface area contributed by atoms with E-state index >= 15 is 0 Å². The minimum absolute atomic E-state index is 0.0677. The summed E-state index contributed by atoms with van der Waals surface area (Å²) in [7, 11) is -3.79.